The van der Waals surface area contributed by atoms with Gasteiger partial charge in [0.05, 0.1) is 29.6 Å². The van der Waals surface area contributed by atoms with Crippen molar-refractivity contribution in [2.24, 2.45) is 0 Å². The Hall–Kier alpha value is -4.17. The molecule has 5 rings (SSSR count). The van der Waals surface area contributed by atoms with Crippen LogP contribution in [0, 0.1) is 0 Å². The molecule has 1 amide bonds. The summed E-state index contributed by atoms with van der Waals surface area (Å²) in [6, 6.07) is 20.5. The SMILES string of the molecule is CCCc1c(C(=O)Nc2cc(Cl)ccc2OC)nnn1-c1ccc2noc(-c3ccccc3)c2c1. The van der Waals surface area contributed by atoms with Gasteiger partial charge >= 0.3 is 0 Å². The van der Waals surface area contributed by atoms with E-state index in [9.17, 15) is 4.79 Å². The van der Waals surface area contributed by atoms with Gasteiger partial charge < -0.3 is 14.6 Å². The average Bonchev–Trinajstić information content (AvgIpc) is 3.49. The summed E-state index contributed by atoms with van der Waals surface area (Å²) in [7, 11) is 1.53. The molecular formula is C26H22ClN5O3. The standard InChI is InChI=1S/C26H22ClN5O3/c1-3-7-22-24(26(33)28-21-14-17(27)10-13-23(21)34-2)29-31-32(22)18-11-12-20-19(15-18)25(35-30-20)16-8-5-4-6-9-16/h4-6,8-15H,3,7H2,1-2H3,(H,28,33). The predicted molar refractivity (Wildman–Crippen MR) is 134 cm³/mol. The van der Waals surface area contributed by atoms with Crippen molar-refractivity contribution in [2.45, 2.75) is 19.8 Å². The average molecular weight is 488 g/mol. The molecule has 9 heteroatoms. The number of amides is 1. The molecule has 0 aliphatic heterocycles. The summed E-state index contributed by atoms with van der Waals surface area (Å²) in [5.74, 6) is 0.778. The molecule has 0 fully saturated rings. The Kier molecular flexibility index (Phi) is 6.20. The number of fused-ring (bicyclic) bond motifs is 1. The highest BCUT2D eigenvalue weighted by Crippen LogP contribution is 2.31. The number of hydrogen-bond acceptors (Lipinski definition) is 6. The van der Waals surface area contributed by atoms with Gasteiger partial charge in [0.15, 0.2) is 11.5 Å². The van der Waals surface area contributed by atoms with Gasteiger partial charge in [0, 0.05) is 10.6 Å². The van der Waals surface area contributed by atoms with Gasteiger partial charge in [0.2, 0.25) is 0 Å². The lowest BCUT2D eigenvalue weighted by Crippen LogP contribution is -2.16. The molecule has 3 aromatic carbocycles. The van der Waals surface area contributed by atoms with Crippen LogP contribution in [0.25, 0.3) is 27.9 Å². The van der Waals surface area contributed by atoms with Gasteiger partial charge in [0.1, 0.15) is 11.3 Å². The molecule has 0 atom stereocenters. The maximum atomic E-state index is 13.2. The fourth-order valence-electron chi connectivity index (χ4n) is 3.96. The Morgan fingerprint density at radius 2 is 1.94 bits per heavy atom. The van der Waals surface area contributed by atoms with Gasteiger partial charge in [-0.25, -0.2) is 4.68 Å². The number of methoxy groups -OCH3 is 1. The largest absolute Gasteiger partial charge is 0.495 e. The monoisotopic (exact) mass is 487 g/mol. The Morgan fingerprint density at radius 1 is 1.11 bits per heavy atom. The number of hydrogen-bond donors (Lipinski definition) is 1. The quantitative estimate of drug-likeness (QED) is 0.305. The molecule has 8 nitrogen and oxygen atoms in total. The molecule has 1 N–H and O–H groups in total. The number of benzene rings is 3. The third-order valence-corrected chi connectivity index (χ3v) is 5.85. The first kappa shape index (κ1) is 22.6. The highest BCUT2D eigenvalue weighted by atomic mass is 35.5. The number of aromatic nitrogens is 4. The first-order valence-corrected chi connectivity index (χ1v) is 11.5. The fourth-order valence-corrected chi connectivity index (χ4v) is 4.14. The van der Waals surface area contributed by atoms with E-state index >= 15 is 0 Å². The molecule has 0 spiro atoms. The van der Waals surface area contributed by atoms with Crippen LogP contribution < -0.4 is 10.1 Å². The summed E-state index contributed by atoms with van der Waals surface area (Å²) in [5.41, 5.74) is 3.81. The van der Waals surface area contributed by atoms with Crippen LogP contribution in [0.3, 0.4) is 0 Å². The molecule has 176 valence electrons. The molecule has 0 unspecified atom stereocenters. The molecular weight excluding hydrogens is 466 g/mol. The van der Waals surface area contributed by atoms with E-state index in [-0.39, 0.29) is 5.69 Å². The van der Waals surface area contributed by atoms with Gasteiger partial charge in [-0.1, -0.05) is 65.6 Å². The smallest absolute Gasteiger partial charge is 0.278 e. The molecule has 0 aliphatic rings. The van der Waals surface area contributed by atoms with Gasteiger partial charge in [-0.05, 0) is 42.8 Å². The van der Waals surface area contributed by atoms with Crippen LogP contribution in [0.5, 0.6) is 5.75 Å². The number of carbonyl (C=O) groups is 1. The Labute approximate surface area is 206 Å². The van der Waals surface area contributed by atoms with E-state index in [0.29, 0.717) is 34.3 Å². The number of rotatable bonds is 7. The molecule has 0 saturated heterocycles. The molecule has 0 aliphatic carbocycles. The number of anilines is 1. The van der Waals surface area contributed by atoms with E-state index in [1.807, 2.05) is 55.5 Å². The zero-order valence-electron chi connectivity index (χ0n) is 19.2. The Balaban J connectivity index is 1.54. The van der Waals surface area contributed by atoms with E-state index in [2.05, 4.69) is 20.8 Å². The van der Waals surface area contributed by atoms with Crippen molar-refractivity contribution in [1.82, 2.24) is 20.2 Å². The number of nitrogens with zero attached hydrogens (tertiary/aromatic N) is 4. The minimum atomic E-state index is -0.392. The normalized spacial score (nSPS) is 11.1. The first-order chi connectivity index (χ1) is 17.1. The van der Waals surface area contributed by atoms with Crippen LogP contribution in [0.2, 0.25) is 5.02 Å². The topological polar surface area (TPSA) is 95.1 Å². The number of ether oxygens (including phenoxy) is 1. The molecule has 0 saturated carbocycles. The van der Waals surface area contributed by atoms with Crippen molar-refractivity contribution < 1.29 is 14.1 Å². The zero-order chi connectivity index (χ0) is 24.4. The van der Waals surface area contributed by atoms with E-state index in [1.54, 1.807) is 22.9 Å². The zero-order valence-corrected chi connectivity index (χ0v) is 19.9. The summed E-state index contributed by atoms with van der Waals surface area (Å²) in [6.45, 7) is 2.04. The van der Waals surface area contributed by atoms with Crippen molar-refractivity contribution in [3.63, 3.8) is 0 Å². The van der Waals surface area contributed by atoms with Crippen molar-refractivity contribution in [3.8, 4) is 22.8 Å². The summed E-state index contributed by atoms with van der Waals surface area (Å²) >= 11 is 6.11. The second-order valence-corrected chi connectivity index (χ2v) is 8.36. The van der Waals surface area contributed by atoms with E-state index in [0.717, 1.165) is 28.6 Å². The van der Waals surface area contributed by atoms with E-state index in [1.165, 1.54) is 7.11 Å². The maximum Gasteiger partial charge on any atom is 0.278 e. The first-order valence-electron chi connectivity index (χ1n) is 11.1. The van der Waals surface area contributed by atoms with Crippen molar-refractivity contribution in [1.29, 1.82) is 0 Å². The van der Waals surface area contributed by atoms with Crippen LogP contribution >= 0.6 is 11.6 Å². The van der Waals surface area contributed by atoms with Crippen LogP contribution in [-0.2, 0) is 6.42 Å². The fraction of sp³-hybridized carbons (Fsp3) is 0.154. The molecule has 35 heavy (non-hydrogen) atoms. The maximum absolute atomic E-state index is 13.2. The van der Waals surface area contributed by atoms with Gasteiger partial charge in [0.25, 0.3) is 5.91 Å². The second kappa shape index (κ2) is 9.60. The lowest BCUT2D eigenvalue weighted by Gasteiger charge is -2.11. The van der Waals surface area contributed by atoms with Crippen LogP contribution in [0.15, 0.2) is 71.3 Å². The van der Waals surface area contributed by atoms with E-state index in [4.69, 9.17) is 20.9 Å². The Bertz CT molecular complexity index is 1510. The van der Waals surface area contributed by atoms with E-state index < -0.39 is 5.91 Å². The number of nitrogens with one attached hydrogen (secondary N) is 1. The highest BCUT2D eigenvalue weighted by molar-refractivity contribution is 6.31. The highest BCUT2D eigenvalue weighted by Gasteiger charge is 2.22. The van der Waals surface area contributed by atoms with Gasteiger partial charge in [-0.15, -0.1) is 5.10 Å². The van der Waals surface area contributed by atoms with Crippen molar-refractivity contribution >= 4 is 34.1 Å². The lowest BCUT2D eigenvalue weighted by atomic mass is 10.1. The molecule has 2 aromatic heterocycles. The molecule has 5 aromatic rings. The van der Waals surface area contributed by atoms with Crippen LogP contribution in [0.1, 0.15) is 29.5 Å². The van der Waals surface area contributed by atoms with Gasteiger partial charge in [-0.3, -0.25) is 4.79 Å². The minimum absolute atomic E-state index is 0.238. The number of halogens is 1. The summed E-state index contributed by atoms with van der Waals surface area (Å²) in [5, 5.41) is 16.9. The van der Waals surface area contributed by atoms with Crippen molar-refractivity contribution in [3.05, 3.63) is 83.1 Å². The number of carbonyl (C=O) groups excluding carboxylic acids is 1. The Morgan fingerprint density at radius 3 is 2.71 bits per heavy atom. The third-order valence-electron chi connectivity index (χ3n) is 5.62. The van der Waals surface area contributed by atoms with Crippen molar-refractivity contribution in [2.75, 3.05) is 12.4 Å². The molecule has 0 radical (unpaired) electrons. The lowest BCUT2D eigenvalue weighted by molar-refractivity contribution is 0.102. The summed E-state index contributed by atoms with van der Waals surface area (Å²) in [4.78, 5) is 13.2. The minimum Gasteiger partial charge on any atom is -0.495 e. The molecule has 0 bridgehead atoms. The third kappa shape index (κ3) is 4.36. The summed E-state index contributed by atoms with van der Waals surface area (Å²) < 4.78 is 12.7. The predicted octanol–water partition coefficient (Wildman–Crippen LogP) is 5.94. The van der Waals surface area contributed by atoms with Crippen LogP contribution in [0.4, 0.5) is 5.69 Å². The summed E-state index contributed by atoms with van der Waals surface area (Å²) in [6.07, 6.45) is 1.41. The van der Waals surface area contributed by atoms with Gasteiger partial charge in [-0.2, -0.15) is 0 Å². The van der Waals surface area contributed by atoms with Crippen LogP contribution in [-0.4, -0.2) is 33.2 Å². The molecule has 2 heterocycles. The second-order valence-electron chi connectivity index (χ2n) is 7.92.